The van der Waals surface area contributed by atoms with Gasteiger partial charge in [-0.05, 0) is 26.3 Å². The van der Waals surface area contributed by atoms with Gasteiger partial charge in [0.2, 0.25) is 6.33 Å². The van der Waals surface area contributed by atoms with E-state index in [1.165, 1.54) is 25.8 Å². The van der Waals surface area contributed by atoms with Crippen LogP contribution in [0.4, 0.5) is 0 Å². The summed E-state index contributed by atoms with van der Waals surface area (Å²) in [5.74, 6) is 0. The normalized spacial score (nSPS) is 21.4. The van der Waals surface area contributed by atoms with Gasteiger partial charge in [0.15, 0.2) is 0 Å². The summed E-state index contributed by atoms with van der Waals surface area (Å²) in [5.41, 5.74) is 0. The minimum Gasteiger partial charge on any atom is -0.748 e. The van der Waals surface area contributed by atoms with Crippen LogP contribution < -0.4 is 9.88 Å². The molecule has 2 heterocycles. The van der Waals surface area contributed by atoms with Crippen LogP contribution >= 0.6 is 0 Å². The third-order valence-electron chi connectivity index (χ3n) is 3.19. The quantitative estimate of drug-likeness (QED) is 0.622. The molecule has 1 fully saturated rings. The summed E-state index contributed by atoms with van der Waals surface area (Å²) in [4.78, 5) is 0. The second-order valence-corrected chi connectivity index (χ2v) is 6.44. The lowest BCUT2D eigenvalue weighted by molar-refractivity contribution is -0.722. The largest absolute Gasteiger partial charge is 0.748 e. The van der Waals surface area contributed by atoms with Gasteiger partial charge in [-0.3, -0.25) is 0 Å². The fourth-order valence-corrected chi connectivity index (χ4v) is 2.21. The summed E-state index contributed by atoms with van der Waals surface area (Å²) in [6, 6.07) is 1.22. The zero-order chi connectivity index (χ0) is 14.5. The fraction of sp³-hybridized carbons (Fsp3) is 0.750. The van der Waals surface area contributed by atoms with Gasteiger partial charge >= 0.3 is 0 Å². The lowest BCUT2D eigenvalue weighted by Gasteiger charge is -2.26. The Bertz CT molecular complexity index is 470. The SMILES string of the molecule is CC(C1CCCCN1)[n+]1ccn(C)c1.CS(=O)(=O)[O-]. The molecule has 1 aromatic rings. The van der Waals surface area contributed by atoms with Crippen molar-refractivity contribution < 1.29 is 17.5 Å². The lowest BCUT2D eigenvalue weighted by Crippen LogP contribution is -2.50. The summed E-state index contributed by atoms with van der Waals surface area (Å²) in [6.07, 6.45) is 11.0. The predicted octanol–water partition coefficient (Wildman–Crippen LogP) is 0.177. The van der Waals surface area contributed by atoms with Crippen molar-refractivity contribution in [1.29, 1.82) is 0 Å². The highest BCUT2D eigenvalue weighted by molar-refractivity contribution is 7.84. The summed E-state index contributed by atoms with van der Waals surface area (Å²) >= 11 is 0. The molecule has 2 atom stereocenters. The molecule has 0 spiro atoms. The molecule has 19 heavy (non-hydrogen) atoms. The van der Waals surface area contributed by atoms with Crippen molar-refractivity contribution in [3.63, 3.8) is 0 Å². The van der Waals surface area contributed by atoms with E-state index in [0.717, 1.165) is 0 Å². The molecule has 0 bridgehead atoms. The van der Waals surface area contributed by atoms with Gasteiger partial charge in [0.05, 0.1) is 17.2 Å². The topological polar surface area (TPSA) is 78.0 Å². The van der Waals surface area contributed by atoms with Crippen LogP contribution in [0, 0.1) is 0 Å². The van der Waals surface area contributed by atoms with Crippen LogP contribution in [0.2, 0.25) is 0 Å². The van der Waals surface area contributed by atoms with Crippen LogP contribution in [0.3, 0.4) is 0 Å². The number of piperidine rings is 1. The molecule has 0 aliphatic carbocycles. The highest BCUT2D eigenvalue weighted by Crippen LogP contribution is 2.14. The molecule has 2 unspecified atom stereocenters. The number of aromatic nitrogens is 2. The predicted molar refractivity (Wildman–Crippen MR) is 71.6 cm³/mol. The molecule has 110 valence electrons. The van der Waals surface area contributed by atoms with Gasteiger partial charge in [0.1, 0.15) is 18.4 Å². The monoisotopic (exact) mass is 289 g/mol. The molecule has 1 aliphatic rings. The van der Waals surface area contributed by atoms with Gasteiger partial charge in [-0.1, -0.05) is 6.42 Å². The maximum atomic E-state index is 9.08. The molecule has 6 nitrogen and oxygen atoms in total. The number of imidazole rings is 1. The van der Waals surface area contributed by atoms with Crippen LogP contribution in [-0.4, -0.2) is 36.4 Å². The maximum absolute atomic E-state index is 9.08. The smallest absolute Gasteiger partial charge is 0.243 e. The van der Waals surface area contributed by atoms with Crippen LogP contribution in [0.15, 0.2) is 18.7 Å². The Balaban J connectivity index is 0.000000312. The maximum Gasteiger partial charge on any atom is 0.243 e. The van der Waals surface area contributed by atoms with Gasteiger partial charge in [0, 0.05) is 12.3 Å². The first-order valence-corrected chi connectivity index (χ1v) is 8.26. The molecule has 0 aromatic carbocycles. The van der Waals surface area contributed by atoms with Crippen molar-refractivity contribution >= 4 is 10.1 Å². The number of hydrogen-bond acceptors (Lipinski definition) is 4. The van der Waals surface area contributed by atoms with Gasteiger partial charge in [-0.25, -0.2) is 17.6 Å². The molecule has 0 saturated carbocycles. The molecule has 1 N–H and O–H groups in total. The highest BCUT2D eigenvalue weighted by Gasteiger charge is 2.23. The van der Waals surface area contributed by atoms with Crippen molar-refractivity contribution in [2.24, 2.45) is 7.05 Å². The van der Waals surface area contributed by atoms with E-state index in [0.29, 0.717) is 18.3 Å². The first kappa shape index (κ1) is 16.1. The first-order chi connectivity index (χ1) is 8.77. The molecule has 7 heteroatoms. The molecule has 0 radical (unpaired) electrons. The molecule has 1 saturated heterocycles. The number of nitrogens with one attached hydrogen (secondary N) is 1. The van der Waals surface area contributed by atoms with Gasteiger partial charge in [0.25, 0.3) is 0 Å². The highest BCUT2D eigenvalue weighted by atomic mass is 32.2. The van der Waals surface area contributed by atoms with E-state index in [1.54, 1.807) is 0 Å². The standard InChI is InChI=1S/C11H20N3.CH4O3S/c1-10(11-5-3-4-6-12-11)14-8-7-13(2)9-14;1-5(2,3)4/h7-12H,3-6H2,1-2H3;1H3,(H,2,3,4)/q+1;/p-1. The Labute approximate surface area is 115 Å². The van der Waals surface area contributed by atoms with E-state index in [2.05, 4.69) is 47.1 Å². The zero-order valence-electron chi connectivity index (χ0n) is 11.7. The van der Waals surface area contributed by atoms with E-state index in [4.69, 9.17) is 13.0 Å². The first-order valence-electron chi connectivity index (χ1n) is 6.44. The Hall–Kier alpha value is -0.920. The van der Waals surface area contributed by atoms with E-state index in [9.17, 15) is 0 Å². The number of nitrogens with zero attached hydrogens (tertiary/aromatic N) is 2. The van der Waals surface area contributed by atoms with Crippen LogP contribution in [0.25, 0.3) is 0 Å². The minimum absolute atomic E-state index is 0.566. The number of aryl methyl sites for hydroxylation is 1. The molecule has 0 amide bonds. The van der Waals surface area contributed by atoms with Crippen molar-refractivity contribution in [3.8, 4) is 0 Å². The third kappa shape index (κ3) is 6.70. The van der Waals surface area contributed by atoms with E-state index >= 15 is 0 Å². The number of hydrogen-bond donors (Lipinski definition) is 1. The van der Waals surface area contributed by atoms with Gasteiger partial charge < -0.3 is 9.87 Å². The summed E-state index contributed by atoms with van der Waals surface area (Å²) in [6.45, 7) is 3.48. The van der Waals surface area contributed by atoms with Gasteiger partial charge in [-0.2, -0.15) is 0 Å². The average molecular weight is 289 g/mol. The Morgan fingerprint density at radius 2 is 2.11 bits per heavy atom. The van der Waals surface area contributed by atoms with Crippen LogP contribution in [0.1, 0.15) is 32.2 Å². The lowest BCUT2D eigenvalue weighted by atomic mass is 9.99. The Morgan fingerprint density at radius 3 is 2.53 bits per heavy atom. The zero-order valence-corrected chi connectivity index (χ0v) is 12.6. The molecular weight excluding hydrogens is 266 g/mol. The van der Waals surface area contributed by atoms with Gasteiger partial charge in [-0.15, -0.1) is 0 Å². The summed E-state index contributed by atoms with van der Waals surface area (Å²) < 4.78 is 31.6. The van der Waals surface area contributed by atoms with Crippen molar-refractivity contribution in [2.75, 3.05) is 12.8 Å². The van der Waals surface area contributed by atoms with Crippen molar-refractivity contribution in [2.45, 2.75) is 38.3 Å². The van der Waals surface area contributed by atoms with Crippen LogP contribution in [0.5, 0.6) is 0 Å². The fourth-order valence-electron chi connectivity index (χ4n) is 2.21. The second kappa shape index (κ2) is 7.02. The second-order valence-electron chi connectivity index (χ2n) is 5.03. The minimum atomic E-state index is -3.92. The number of rotatable bonds is 2. The Morgan fingerprint density at radius 1 is 1.47 bits per heavy atom. The van der Waals surface area contributed by atoms with E-state index in [1.807, 2.05) is 0 Å². The van der Waals surface area contributed by atoms with Crippen LogP contribution in [-0.2, 0) is 17.2 Å². The summed E-state index contributed by atoms with van der Waals surface area (Å²) in [5, 5.41) is 3.60. The van der Waals surface area contributed by atoms with E-state index < -0.39 is 10.1 Å². The molecule has 2 rings (SSSR count). The van der Waals surface area contributed by atoms with Crippen molar-refractivity contribution in [1.82, 2.24) is 9.88 Å². The van der Waals surface area contributed by atoms with E-state index in [-0.39, 0.29) is 0 Å². The average Bonchev–Trinajstić information content (AvgIpc) is 2.74. The Kier molecular flexibility index (Phi) is 5.96. The third-order valence-corrected chi connectivity index (χ3v) is 3.19. The molecule has 1 aromatic heterocycles. The van der Waals surface area contributed by atoms with Crippen molar-refractivity contribution in [3.05, 3.63) is 18.7 Å². The molecule has 1 aliphatic heterocycles. The molecular formula is C12H23N3O3S. The summed E-state index contributed by atoms with van der Waals surface area (Å²) in [7, 11) is -1.85.